The molecule has 0 fully saturated rings. The van der Waals surface area contributed by atoms with E-state index in [0.29, 0.717) is 27.7 Å². The zero-order valence-electron chi connectivity index (χ0n) is 12.7. The highest BCUT2D eigenvalue weighted by atomic mass is 35.5. The normalized spacial score (nSPS) is 15.4. The van der Waals surface area contributed by atoms with E-state index in [9.17, 15) is 9.59 Å². The van der Waals surface area contributed by atoms with Gasteiger partial charge in [0.15, 0.2) is 0 Å². The Hall–Kier alpha value is -2.04. The molecule has 0 aliphatic carbocycles. The van der Waals surface area contributed by atoms with E-state index in [1.165, 1.54) is 0 Å². The molecule has 4 rings (SSSR count). The molecule has 2 aromatic rings. The second kappa shape index (κ2) is 5.80. The minimum absolute atomic E-state index is 0.132. The molecular weight excluding hydrogens is 347 g/mol. The van der Waals surface area contributed by atoms with Crippen LogP contribution in [-0.4, -0.2) is 18.4 Å². The standard InChI is InChI=1S/C18H14Cl2N2O2/c19-12-3-4-15(20)14(9-12)18(24)21-13-6-10-2-1-5-22-16(23)8-11(7-13)17(10)22/h3-4,6-7,9H,1-2,5,8H2,(H,21,24). The summed E-state index contributed by atoms with van der Waals surface area (Å²) in [7, 11) is 0. The van der Waals surface area contributed by atoms with Gasteiger partial charge < -0.3 is 10.2 Å². The van der Waals surface area contributed by atoms with Crippen LogP contribution in [0.1, 0.15) is 27.9 Å². The monoisotopic (exact) mass is 360 g/mol. The number of carbonyl (C=O) groups excluding carboxylic acids is 2. The lowest BCUT2D eigenvalue weighted by atomic mass is 9.99. The molecule has 24 heavy (non-hydrogen) atoms. The molecular formula is C18H14Cl2N2O2. The van der Waals surface area contributed by atoms with Gasteiger partial charge in [-0.1, -0.05) is 23.2 Å². The molecule has 0 aromatic heterocycles. The minimum atomic E-state index is -0.313. The van der Waals surface area contributed by atoms with E-state index < -0.39 is 0 Å². The van der Waals surface area contributed by atoms with Gasteiger partial charge >= 0.3 is 0 Å². The molecule has 2 aliphatic heterocycles. The summed E-state index contributed by atoms with van der Waals surface area (Å²) in [5, 5.41) is 3.67. The SMILES string of the molecule is O=C(Nc1cc2c3c(c1)CC(=O)N3CCC2)c1cc(Cl)ccc1Cl. The van der Waals surface area contributed by atoms with Gasteiger partial charge in [0.1, 0.15) is 0 Å². The molecule has 2 aromatic carbocycles. The van der Waals surface area contributed by atoms with Crippen LogP contribution < -0.4 is 10.2 Å². The van der Waals surface area contributed by atoms with E-state index in [1.807, 2.05) is 17.0 Å². The molecule has 0 spiro atoms. The van der Waals surface area contributed by atoms with Crippen LogP contribution in [0, 0.1) is 0 Å². The number of hydrogen-bond donors (Lipinski definition) is 1. The first-order chi connectivity index (χ1) is 11.5. The lowest BCUT2D eigenvalue weighted by Gasteiger charge is -2.26. The number of amides is 2. The Kier molecular flexibility index (Phi) is 3.74. The fourth-order valence-electron chi connectivity index (χ4n) is 3.42. The molecule has 0 radical (unpaired) electrons. The van der Waals surface area contributed by atoms with E-state index in [4.69, 9.17) is 23.2 Å². The quantitative estimate of drug-likeness (QED) is 0.876. The van der Waals surface area contributed by atoms with Crippen molar-refractivity contribution in [3.63, 3.8) is 0 Å². The second-order valence-corrected chi connectivity index (χ2v) is 6.89. The molecule has 2 amide bonds. The summed E-state index contributed by atoms with van der Waals surface area (Å²) in [6.45, 7) is 0.780. The van der Waals surface area contributed by atoms with Crippen molar-refractivity contribution in [1.82, 2.24) is 0 Å². The van der Waals surface area contributed by atoms with E-state index >= 15 is 0 Å². The predicted molar refractivity (Wildman–Crippen MR) is 95.2 cm³/mol. The summed E-state index contributed by atoms with van der Waals surface area (Å²) in [6.07, 6.45) is 2.24. The van der Waals surface area contributed by atoms with Gasteiger partial charge in [-0.25, -0.2) is 0 Å². The number of rotatable bonds is 2. The topological polar surface area (TPSA) is 49.4 Å². The fourth-order valence-corrected chi connectivity index (χ4v) is 3.80. The van der Waals surface area contributed by atoms with Crippen molar-refractivity contribution in [3.05, 3.63) is 57.1 Å². The Balaban J connectivity index is 1.67. The Labute approximate surface area is 149 Å². The number of nitrogens with one attached hydrogen (secondary N) is 1. The van der Waals surface area contributed by atoms with Gasteiger partial charge in [-0.15, -0.1) is 0 Å². The summed E-state index contributed by atoms with van der Waals surface area (Å²) in [5.41, 5.74) is 4.13. The van der Waals surface area contributed by atoms with Crippen molar-refractivity contribution in [2.24, 2.45) is 0 Å². The zero-order chi connectivity index (χ0) is 16.8. The van der Waals surface area contributed by atoms with Gasteiger partial charge in [0, 0.05) is 17.3 Å². The van der Waals surface area contributed by atoms with Gasteiger partial charge in [0.2, 0.25) is 5.91 Å². The molecule has 6 heteroatoms. The van der Waals surface area contributed by atoms with Crippen molar-refractivity contribution < 1.29 is 9.59 Å². The minimum Gasteiger partial charge on any atom is -0.322 e. The predicted octanol–water partition coefficient (Wildman–Crippen LogP) is 4.08. The van der Waals surface area contributed by atoms with Crippen molar-refractivity contribution in [1.29, 1.82) is 0 Å². The Morgan fingerprint density at radius 3 is 2.75 bits per heavy atom. The van der Waals surface area contributed by atoms with Crippen LogP contribution in [0.3, 0.4) is 0 Å². The average molecular weight is 361 g/mol. The summed E-state index contributed by atoms with van der Waals surface area (Å²) < 4.78 is 0. The largest absolute Gasteiger partial charge is 0.322 e. The molecule has 1 N–H and O–H groups in total. The third-order valence-corrected chi connectivity index (χ3v) is 5.00. The molecule has 2 heterocycles. The third-order valence-electron chi connectivity index (χ3n) is 4.44. The van der Waals surface area contributed by atoms with Crippen LogP contribution in [0.15, 0.2) is 30.3 Å². The van der Waals surface area contributed by atoms with Gasteiger partial charge in [-0.2, -0.15) is 0 Å². The van der Waals surface area contributed by atoms with Crippen LogP contribution >= 0.6 is 23.2 Å². The summed E-state index contributed by atoms with van der Waals surface area (Å²) in [4.78, 5) is 26.4. The Morgan fingerprint density at radius 2 is 1.92 bits per heavy atom. The maximum absolute atomic E-state index is 12.5. The van der Waals surface area contributed by atoms with Gasteiger partial charge in [-0.3, -0.25) is 9.59 Å². The van der Waals surface area contributed by atoms with Crippen molar-refractivity contribution in [3.8, 4) is 0 Å². The molecule has 0 saturated heterocycles. The van der Waals surface area contributed by atoms with Crippen LogP contribution in [-0.2, 0) is 17.6 Å². The first-order valence-electron chi connectivity index (χ1n) is 7.75. The second-order valence-electron chi connectivity index (χ2n) is 6.05. The average Bonchev–Trinajstić information content (AvgIpc) is 2.87. The number of carbonyl (C=O) groups is 2. The van der Waals surface area contributed by atoms with Crippen LogP contribution in [0.2, 0.25) is 10.0 Å². The molecule has 2 aliphatic rings. The number of aryl methyl sites for hydroxylation is 1. The third kappa shape index (κ3) is 2.56. The summed E-state index contributed by atoms with van der Waals surface area (Å²) in [6, 6.07) is 8.60. The summed E-state index contributed by atoms with van der Waals surface area (Å²) >= 11 is 12.0. The van der Waals surface area contributed by atoms with Crippen LogP contribution in [0.4, 0.5) is 11.4 Å². The zero-order valence-corrected chi connectivity index (χ0v) is 14.2. The molecule has 0 bridgehead atoms. The lowest BCUT2D eigenvalue weighted by molar-refractivity contribution is -0.117. The molecule has 0 atom stereocenters. The van der Waals surface area contributed by atoms with E-state index in [2.05, 4.69) is 5.32 Å². The maximum Gasteiger partial charge on any atom is 0.257 e. The van der Waals surface area contributed by atoms with Crippen LogP contribution in [0.5, 0.6) is 0 Å². The maximum atomic E-state index is 12.5. The van der Waals surface area contributed by atoms with Gasteiger partial charge in [0.25, 0.3) is 5.91 Å². The number of anilines is 2. The highest BCUT2D eigenvalue weighted by Crippen LogP contribution is 2.39. The Morgan fingerprint density at radius 1 is 1.12 bits per heavy atom. The van der Waals surface area contributed by atoms with Gasteiger partial charge in [-0.05, 0) is 54.3 Å². The number of nitrogens with zero attached hydrogens (tertiary/aromatic N) is 1. The molecule has 0 unspecified atom stereocenters. The highest BCUT2D eigenvalue weighted by Gasteiger charge is 2.32. The number of hydrogen-bond acceptors (Lipinski definition) is 2. The fraction of sp³-hybridized carbons (Fsp3) is 0.222. The van der Waals surface area contributed by atoms with E-state index in [1.54, 1.807) is 18.2 Å². The van der Waals surface area contributed by atoms with Crippen molar-refractivity contribution in [2.45, 2.75) is 19.3 Å². The van der Waals surface area contributed by atoms with Crippen LogP contribution in [0.25, 0.3) is 0 Å². The first kappa shape index (κ1) is 15.5. The number of halogens is 2. The lowest BCUT2D eigenvalue weighted by Crippen LogP contribution is -2.31. The highest BCUT2D eigenvalue weighted by molar-refractivity contribution is 6.36. The van der Waals surface area contributed by atoms with Crippen molar-refractivity contribution >= 4 is 46.4 Å². The summed E-state index contributed by atoms with van der Waals surface area (Å²) in [5.74, 6) is -0.182. The first-order valence-corrected chi connectivity index (χ1v) is 8.51. The van der Waals surface area contributed by atoms with Crippen molar-refractivity contribution in [2.75, 3.05) is 16.8 Å². The number of benzene rings is 2. The van der Waals surface area contributed by atoms with E-state index in [-0.39, 0.29) is 11.8 Å². The molecule has 122 valence electrons. The van der Waals surface area contributed by atoms with E-state index in [0.717, 1.165) is 36.2 Å². The molecule has 0 saturated carbocycles. The smallest absolute Gasteiger partial charge is 0.257 e. The molecule has 4 nitrogen and oxygen atoms in total. The Bertz CT molecular complexity index is 880. The van der Waals surface area contributed by atoms with Gasteiger partial charge in [0.05, 0.1) is 22.7 Å².